The molecule has 0 radical (unpaired) electrons. The molecule has 5 atom stereocenters. The quantitative estimate of drug-likeness (QED) is 0.0203. The largest absolute Gasteiger partial charge is 0.480 e. The monoisotopic (exact) mass is 781 g/mol. The molecule has 0 saturated heterocycles. The van der Waals surface area contributed by atoms with Gasteiger partial charge in [-0.05, 0) is 51.6 Å². The molecule has 0 aliphatic rings. The Kier molecular flexibility index (Phi) is 43.7. The van der Waals surface area contributed by atoms with E-state index in [9.17, 15) is 28.8 Å². The minimum absolute atomic E-state index is 0.112. The van der Waals surface area contributed by atoms with E-state index in [1.54, 1.807) is 0 Å². The SMILES string of the molecule is N=C(N)NCCCC(N)C(=O)O.NC(CSSCC(N)C(=O)O)C(=O)O.NCC(=O)O.NCCCCC(N)C(=O)O.NCCCCC(N)C(=O)O. The normalized spacial score (nSPS) is 12.7. The predicted molar refractivity (Wildman–Crippen MR) is 195 cm³/mol. The third-order valence-electron chi connectivity index (χ3n) is 5.29. The van der Waals surface area contributed by atoms with Crippen molar-refractivity contribution in [2.45, 2.75) is 81.6 Å². The molecule has 0 aromatic rings. The van der Waals surface area contributed by atoms with E-state index in [4.69, 9.17) is 81.9 Å². The molecular weight excluding hydrogens is 722 g/mol. The van der Waals surface area contributed by atoms with Crippen molar-refractivity contribution in [3.05, 3.63) is 0 Å². The Labute approximate surface area is 304 Å². The van der Waals surface area contributed by atoms with Gasteiger partial charge in [0.2, 0.25) is 0 Å². The summed E-state index contributed by atoms with van der Waals surface area (Å²) in [6.45, 7) is 1.41. The molecule has 0 bridgehead atoms. The van der Waals surface area contributed by atoms with Gasteiger partial charge >= 0.3 is 35.8 Å². The average Bonchev–Trinajstić information content (AvgIpc) is 3.05. The van der Waals surface area contributed by atoms with Crippen LogP contribution in [-0.2, 0) is 28.8 Å². The second-order valence-corrected chi connectivity index (χ2v) is 12.5. The molecule has 25 heteroatoms. The number of carboxylic acids is 6. The van der Waals surface area contributed by atoms with Gasteiger partial charge in [0.25, 0.3) is 0 Å². The van der Waals surface area contributed by atoms with Crippen LogP contribution in [0.25, 0.3) is 0 Å². The Morgan fingerprint density at radius 3 is 1.02 bits per heavy atom. The van der Waals surface area contributed by atoms with Crippen LogP contribution >= 0.6 is 21.6 Å². The van der Waals surface area contributed by atoms with Gasteiger partial charge in [-0.25, -0.2) is 0 Å². The van der Waals surface area contributed by atoms with Gasteiger partial charge in [0.15, 0.2) is 5.96 Å². The minimum Gasteiger partial charge on any atom is -0.480 e. The first-order valence-electron chi connectivity index (χ1n) is 15.2. The van der Waals surface area contributed by atoms with Gasteiger partial charge in [0.1, 0.15) is 30.2 Å². The molecule has 0 aromatic heterocycles. The summed E-state index contributed by atoms with van der Waals surface area (Å²) in [4.78, 5) is 60.3. The van der Waals surface area contributed by atoms with Crippen LogP contribution in [0.2, 0.25) is 0 Å². The van der Waals surface area contributed by atoms with Crippen molar-refractivity contribution in [2.75, 3.05) is 37.7 Å². The Morgan fingerprint density at radius 1 is 0.529 bits per heavy atom. The summed E-state index contributed by atoms with van der Waals surface area (Å²) >= 11 is 0. The molecule has 302 valence electrons. The fraction of sp³-hybridized carbons (Fsp3) is 0.731. The van der Waals surface area contributed by atoms with E-state index in [2.05, 4.69) is 11.1 Å². The van der Waals surface area contributed by atoms with Crippen LogP contribution in [0.3, 0.4) is 0 Å². The van der Waals surface area contributed by atoms with Crippen LogP contribution in [0.4, 0.5) is 0 Å². The van der Waals surface area contributed by atoms with Gasteiger partial charge < -0.3 is 87.6 Å². The number of aliphatic carboxylic acids is 6. The van der Waals surface area contributed by atoms with Gasteiger partial charge in [-0.2, -0.15) is 0 Å². The second kappa shape index (κ2) is 39.3. The fourth-order valence-electron chi connectivity index (χ4n) is 2.32. The third kappa shape index (κ3) is 50.9. The molecule has 0 aromatic carbocycles. The molecule has 0 aliphatic carbocycles. The van der Waals surface area contributed by atoms with Crippen molar-refractivity contribution >= 4 is 63.4 Å². The molecule has 0 rings (SSSR count). The molecule has 51 heavy (non-hydrogen) atoms. The zero-order valence-electron chi connectivity index (χ0n) is 28.4. The van der Waals surface area contributed by atoms with Crippen molar-refractivity contribution in [1.29, 1.82) is 5.41 Å². The van der Waals surface area contributed by atoms with E-state index in [0.29, 0.717) is 45.3 Å². The summed E-state index contributed by atoms with van der Waals surface area (Å²) in [5.74, 6) is -5.63. The third-order valence-corrected chi connectivity index (χ3v) is 7.76. The highest BCUT2D eigenvalue weighted by molar-refractivity contribution is 8.76. The molecule has 0 spiro atoms. The lowest BCUT2D eigenvalue weighted by atomic mass is 10.1. The summed E-state index contributed by atoms with van der Waals surface area (Å²) < 4.78 is 0. The highest BCUT2D eigenvalue weighted by Gasteiger charge is 2.14. The van der Waals surface area contributed by atoms with Crippen LogP contribution in [0.15, 0.2) is 0 Å². The number of guanidine groups is 1. The van der Waals surface area contributed by atoms with Gasteiger partial charge in [0.05, 0.1) is 6.54 Å². The van der Waals surface area contributed by atoms with Gasteiger partial charge in [0, 0.05) is 18.1 Å². The van der Waals surface area contributed by atoms with Gasteiger partial charge in [-0.15, -0.1) is 0 Å². The summed E-state index contributed by atoms with van der Waals surface area (Å²) in [6, 6.07) is -4.10. The van der Waals surface area contributed by atoms with E-state index in [1.165, 1.54) is 21.6 Å². The number of unbranched alkanes of at least 4 members (excludes halogenated alkanes) is 2. The lowest BCUT2D eigenvalue weighted by molar-refractivity contribution is -0.139. The molecule has 0 saturated carbocycles. The number of carbonyl (C=O) groups is 6. The van der Waals surface area contributed by atoms with E-state index in [0.717, 1.165) is 25.7 Å². The zero-order valence-corrected chi connectivity index (χ0v) is 30.1. The topological polar surface area (TPSA) is 494 Å². The number of hydrogen-bond acceptors (Lipinski definition) is 17. The number of rotatable bonds is 23. The van der Waals surface area contributed by atoms with Crippen molar-refractivity contribution < 1.29 is 59.4 Å². The van der Waals surface area contributed by atoms with E-state index >= 15 is 0 Å². The lowest BCUT2D eigenvalue weighted by Crippen LogP contribution is -2.34. The standard InChI is InChI=1S/C6H14N4O2.C6H12N2O4S2.2C6H14N2O2.C2H5NO2/c7-4(5(11)12)2-1-3-10-6(8)9;7-3(5(9)10)1-13-14-2-4(8)6(11)12;2*7-4-2-1-3-5(8)6(9)10;3-1-2(4)5/h4H,1-3,7H2,(H,11,12)(H4,8,9,10);3-4H,1-2,7-8H2,(H,9,10)(H,11,12);2*5H,1-4,7-8H2,(H,9,10);1,3H2,(H,4,5). The summed E-state index contributed by atoms with van der Waals surface area (Å²) in [7, 11) is 2.41. The van der Waals surface area contributed by atoms with Crippen LogP contribution in [-0.4, -0.2) is 140 Å². The first kappa shape index (κ1) is 56.8. The van der Waals surface area contributed by atoms with Crippen LogP contribution < -0.4 is 56.9 Å². The molecule has 26 N–H and O–H groups in total. The van der Waals surface area contributed by atoms with Crippen molar-refractivity contribution in [2.24, 2.45) is 51.6 Å². The van der Waals surface area contributed by atoms with Crippen LogP contribution in [0.1, 0.15) is 51.4 Å². The average molecular weight is 782 g/mol. The molecule has 23 nitrogen and oxygen atoms in total. The number of nitrogens with one attached hydrogen (secondary N) is 2. The number of nitrogens with two attached hydrogens (primary N) is 9. The molecule has 0 heterocycles. The Balaban J connectivity index is -0.000000178. The van der Waals surface area contributed by atoms with Crippen molar-refractivity contribution in [3.63, 3.8) is 0 Å². The van der Waals surface area contributed by atoms with Crippen molar-refractivity contribution in [3.8, 4) is 0 Å². The highest BCUT2D eigenvalue weighted by atomic mass is 33.1. The highest BCUT2D eigenvalue weighted by Crippen LogP contribution is 2.22. The number of carboxylic acid groups (broad SMARTS) is 6. The second-order valence-electron chi connectivity index (χ2n) is 9.94. The molecular formula is C26H59N11O12S2. The Morgan fingerprint density at radius 2 is 0.804 bits per heavy atom. The zero-order chi connectivity index (χ0) is 40.9. The molecule has 0 amide bonds. The predicted octanol–water partition coefficient (Wildman–Crippen LogP) is -4.06. The van der Waals surface area contributed by atoms with E-state index < -0.39 is 66.0 Å². The maximum Gasteiger partial charge on any atom is 0.321 e. The first-order valence-corrected chi connectivity index (χ1v) is 17.7. The van der Waals surface area contributed by atoms with E-state index in [1.807, 2.05) is 0 Å². The molecule has 0 aliphatic heterocycles. The minimum atomic E-state index is -1.07. The van der Waals surface area contributed by atoms with Gasteiger partial charge in [-0.3, -0.25) is 34.2 Å². The number of hydrogen-bond donors (Lipinski definition) is 17. The molecule has 5 unspecified atom stereocenters. The van der Waals surface area contributed by atoms with Crippen LogP contribution in [0.5, 0.6) is 0 Å². The lowest BCUT2D eigenvalue weighted by Gasteiger charge is -2.07. The maximum atomic E-state index is 10.3. The van der Waals surface area contributed by atoms with Crippen molar-refractivity contribution in [1.82, 2.24) is 5.32 Å². The Hall–Kier alpha value is -3.53. The van der Waals surface area contributed by atoms with Gasteiger partial charge in [-0.1, -0.05) is 34.4 Å². The molecule has 0 fully saturated rings. The summed E-state index contributed by atoms with van der Waals surface area (Å²) in [5.41, 5.74) is 46.0. The van der Waals surface area contributed by atoms with E-state index in [-0.39, 0.29) is 24.0 Å². The van der Waals surface area contributed by atoms with Crippen LogP contribution in [0, 0.1) is 5.41 Å². The fourth-order valence-corrected chi connectivity index (χ4v) is 4.55. The smallest absolute Gasteiger partial charge is 0.321 e. The maximum absolute atomic E-state index is 10.3. The Bertz CT molecular complexity index is 927. The first-order chi connectivity index (χ1) is 23.6. The summed E-state index contributed by atoms with van der Waals surface area (Å²) in [6.07, 6.45) is 5.30. The summed E-state index contributed by atoms with van der Waals surface area (Å²) in [5, 5.41) is 58.8.